The maximum absolute atomic E-state index is 12.0. The molecule has 1 amide bonds. The van der Waals surface area contributed by atoms with Crippen LogP contribution in [-0.4, -0.2) is 57.7 Å². The minimum atomic E-state index is -4.33. The summed E-state index contributed by atoms with van der Waals surface area (Å²) in [6.07, 6.45) is 1.37. The fourth-order valence-electron chi connectivity index (χ4n) is 2.49. The maximum Gasteiger partial charge on any atom is 0.336 e. The summed E-state index contributed by atoms with van der Waals surface area (Å²) in [7, 11) is -4.33. The number of nitrogens with zero attached hydrogens (tertiary/aromatic N) is 4. The third-order valence-electron chi connectivity index (χ3n) is 3.72. The van der Waals surface area contributed by atoms with E-state index in [1.165, 1.54) is 11.2 Å². The molecule has 1 aliphatic rings. The van der Waals surface area contributed by atoms with Crippen LogP contribution in [0.2, 0.25) is 0 Å². The summed E-state index contributed by atoms with van der Waals surface area (Å²) in [4.78, 5) is 21.6. The van der Waals surface area contributed by atoms with E-state index >= 15 is 0 Å². The third kappa shape index (κ3) is 3.23. The van der Waals surface area contributed by atoms with E-state index < -0.39 is 10.3 Å². The number of nitrogen functional groups attached to an aromatic ring is 1. The summed E-state index contributed by atoms with van der Waals surface area (Å²) in [6, 6.07) is 5.43. The molecule has 0 aliphatic carbocycles. The predicted molar refractivity (Wildman–Crippen MR) is 82.5 cm³/mol. The zero-order valence-corrected chi connectivity index (χ0v) is 12.9. The number of anilines is 1. The maximum atomic E-state index is 12.0. The average molecular weight is 337 g/mol. The first-order valence-corrected chi connectivity index (χ1v) is 8.24. The van der Waals surface area contributed by atoms with Crippen molar-refractivity contribution < 1.29 is 17.8 Å². The minimum absolute atomic E-state index is 0.0628. The normalized spacial score (nSPS) is 16.9. The molecule has 2 heterocycles. The summed E-state index contributed by atoms with van der Waals surface area (Å²) < 4.78 is 31.9. The van der Waals surface area contributed by atoms with Gasteiger partial charge in [0.15, 0.2) is 0 Å². The second kappa shape index (κ2) is 5.72. The summed E-state index contributed by atoms with van der Waals surface area (Å²) >= 11 is 0. The van der Waals surface area contributed by atoms with Crippen LogP contribution in [0.3, 0.4) is 0 Å². The van der Waals surface area contributed by atoms with Gasteiger partial charge in [-0.25, -0.2) is 9.97 Å². The zero-order valence-electron chi connectivity index (χ0n) is 12.1. The van der Waals surface area contributed by atoms with Gasteiger partial charge < -0.3 is 10.6 Å². The van der Waals surface area contributed by atoms with E-state index in [1.807, 2.05) is 12.1 Å². The van der Waals surface area contributed by atoms with Crippen molar-refractivity contribution in [3.63, 3.8) is 0 Å². The third-order valence-corrected chi connectivity index (χ3v) is 4.68. The number of amides is 1. The first-order valence-electron chi connectivity index (χ1n) is 6.84. The number of hydrogen-bond acceptors (Lipinski definition) is 6. The Kier molecular flexibility index (Phi) is 3.88. The molecular weight excluding hydrogens is 322 g/mol. The number of fused-ring (bicyclic) bond motifs is 1. The molecule has 23 heavy (non-hydrogen) atoms. The van der Waals surface area contributed by atoms with Crippen molar-refractivity contribution in [2.24, 2.45) is 0 Å². The lowest BCUT2D eigenvalue weighted by molar-refractivity contribution is -0.134. The Balaban J connectivity index is 1.77. The SMILES string of the molecule is Nc1ncnc2cc(CN3CCN(S(=O)(=O)O)CC3=O)ccc12. The molecule has 2 aromatic rings. The van der Waals surface area contributed by atoms with Crippen LogP contribution in [0, 0.1) is 0 Å². The molecule has 9 nitrogen and oxygen atoms in total. The van der Waals surface area contributed by atoms with Crippen molar-refractivity contribution in [1.82, 2.24) is 19.2 Å². The molecule has 3 N–H and O–H groups in total. The van der Waals surface area contributed by atoms with Crippen molar-refractivity contribution in [3.8, 4) is 0 Å². The molecule has 0 spiro atoms. The Bertz CT molecular complexity index is 870. The minimum Gasteiger partial charge on any atom is -0.383 e. The molecule has 0 radical (unpaired) electrons. The second-order valence-corrected chi connectivity index (χ2v) is 6.65. The first kappa shape index (κ1) is 15.6. The van der Waals surface area contributed by atoms with E-state index in [4.69, 9.17) is 10.3 Å². The Morgan fingerprint density at radius 2 is 2.04 bits per heavy atom. The molecule has 10 heteroatoms. The van der Waals surface area contributed by atoms with Crippen molar-refractivity contribution in [3.05, 3.63) is 30.1 Å². The summed E-state index contributed by atoms with van der Waals surface area (Å²) in [5.41, 5.74) is 7.30. The van der Waals surface area contributed by atoms with E-state index in [0.29, 0.717) is 17.9 Å². The fourth-order valence-corrected chi connectivity index (χ4v) is 3.08. The molecule has 1 saturated heterocycles. The average Bonchev–Trinajstić information content (AvgIpc) is 2.48. The van der Waals surface area contributed by atoms with Gasteiger partial charge in [-0.05, 0) is 17.7 Å². The van der Waals surface area contributed by atoms with Gasteiger partial charge in [-0.1, -0.05) is 6.07 Å². The van der Waals surface area contributed by atoms with E-state index in [1.54, 1.807) is 6.07 Å². The van der Waals surface area contributed by atoms with Gasteiger partial charge in [0.05, 0.1) is 12.1 Å². The van der Waals surface area contributed by atoms with Crippen molar-refractivity contribution in [2.75, 3.05) is 25.4 Å². The second-order valence-electron chi connectivity index (χ2n) is 5.24. The molecule has 0 bridgehead atoms. The lowest BCUT2D eigenvalue weighted by atomic mass is 10.1. The summed E-state index contributed by atoms with van der Waals surface area (Å²) in [6.45, 7) is 0.245. The van der Waals surface area contributed by atoms with Gasteiger partial charge >= 0.3 is 10.3 Å². The van der Waals surface area contributed by atoms with Gasteiger partial charge in [-0.2, -0.15) is 12.7 Å². The summed E-state index contributed by atoms with van der Waals surface area (Å²) in [5.74, 6) is 0.0237. The van der Waals surface area contributed by atoms with Crippen LogP contribution in [0.25, 0.3) is 10.9 Å². The molecule has 1 fully saturated rings. The van der Waals surface area contributed by atoms with Crippen molar-refractivity contribution in [2.45, 2.75) is 6.54 Å². The van der Waals surface area contributed by atoms with E-state index in [-0.39, 0.29) is 25.5 Å². The molecule has 0 atom stereocenters. The zero-order chi connectivity index (χ0) is 16.6. The van der Waals surface area contributed by atoms with Gasteiger partial charge in [0.1, 0.15) is 12.1 Å². The van der Waals surface area contributed by atoms with Crippen LogP contribution in [0.5, 0.6) is 0 Å². The van der Waals surface area contributed by atoms with Crippen LogP contribution < -0.4 is 5.73 Å². The van der Waals surface area contributed by atoms with E-state index in [9.17, 15) is 13.2 Å². The number of carbonyl (C=O) groups is 1. The number of benzene rings is 1. The lowest BCUT2D eigenvalue weighted by Gasteiger charge is -2.32. The summed E-state index contributed by atoms with van der Waals surface area (Å²) in [5, 5.41) is 0.735. The molecular formula is C13H15N5O4S. The molecule has 1 aromatic heterocycles. The van der Waals surface area contributed by atoms with Crippen LogP contribution >= 0.6 is 0 Å². The van der Waals surface area contributed by atoms with Crippen molar-refractivity contribution in [1.29, 1.82) is 0 Å². The number of piperazine rings is 1. The van der Waals surface area contributed by atoms with Gasteiger partial charge in [-0.3, -0.25) is 9.35 Å². The highest BCUT2D eigenvalue weighted by Gasteiger charge is 2.30. The van der Waals surface area contributed by atoms with Crippen LogP contribution in [0.4, 0.5) is 5.82 Å². The lowest BCUT2D eigenvalue weighted by Crippen LogP contribution is -2.51. The molecule has 0 unspecified atom stereocenters. The number of rotatable bonds is 3. The fraction of sp³-hybridized carbons (Fsp3) is 0.308. The van der Waals surface area contributed by atoms with Gasteiger partial charge in [0.25, 0.3) is 0 Å². The van der Waals surface area contributed by atoms with Crippen LogP contribution in [0.15, 0.2) is 24.5 Å². The Labute approximate surface area is 132 Å². The number of carbonyl (C=O) groups excluding carboxylic acids is 1. The molecule has 3 rings (SSSR count). The highest BCUT2D eigenvalue weighted by molar-refractivity contribution is 7.83. The smallest absolute Gasteiger partial charge is 0.336 e. The predicted octanol–water partition coefficient (Wildman–Crippen LogP) is -0.341. The van der Waals surface area contributed by atoms with Crippen LogP contribution in [0.1, 0.15) is 5.56 Å². The standard InChI is InChI=1S/C13H15N5O4S/c14-13-10-2-1-9(5-11(10)15-8-16-13)6-17-3-4-18(7-12(17)19)23(20,21)22/h1-2,5,8H,3-4,6-7H2,(H2,14,15,16)(H,20,21,22). The molecule has 122 valence electrons. The largest absolute Gasteiger partial charge is 0.383 e. The number of aromatic nitrogens is 2. The Morgan fingerprint density at radius 1 is 1.26 bits per heavy atom. The topological polar surface area (TPSA) is 130 Å². The molecule has 1 aliphatic heterocycles. The van der Waals surface area contributed by atoms with E-state index in [0.717, 1.165) is 15.3 Å². The van der Waals surface area contributed by atoms with Gasteiger partial charge in [0.2, 0.25) is 5.91 Å². The number of nitrogens with two attached hydrogens (primary N) is 1. The Hall–Kier alpha value is -2.30. The van der Waals surface area contributed by atoms with Gasteiger partial charge in [-0.15, -0.1) is 0 Å². The monoisotopic (exact) mass is 337 g/mol. The quantitative estimate of drug-likeness (QED) is 0.733. The molecule has 0 saturated carbocycles. The van der Waals surface area contributed by atoms with Crippen LogP contribution in [-0.2, 0) is 21.6 Å². The first-order chi connectivity index (χ1) is 10.8. The van der Waals surface area contributed by atoms with E-state index in [2.05, 4.69) is 9.97 Å². The highest BCUT2D eigenvalue weighted by Crippen LogP contribution is 2.19. The van der Waals surface area contributed by atoms with Gasteiger partial charge in [0, 0.05) is 25.0 Å². The van der Waals surface area contributed by atoms with Crippen molar-refractivity contribution >= 4 is 32.9 Å². The highest BCUT2D eigenvalue weighted by atomic mass is 32.2. The Morgan fingerprint density at radius 3 is 2.74 bits per heavy atom. The number of hydrogen-bond donors (Lipinski definition) is 2. The molecule has 1 aromatic carbocycles.